The van der Waals surface area contributed by atoms with Gasteiger partial charge >= 0.3 is 0 Å². The van der Waals surface area contributed by atoms with Gasteiger partial charge in [-0.25, -0.2) is 8.78 Å². The molecule has 4 amide bonds. The number of hydrogen-bond donors (Lipinski definition) is 1. The van der Waals surface area contributed by atoms with E-state index in [2.05, 4.69) is 5.32 Å². The number of nitrogens with zero attached hydrogens (tertiary/aromatic N) is 2. The number of imide groups is 1. The van der Waals surface area contributed by atoms with E-state index < -0.39 is 29.5 Å². The zero-order valence-corrected chi connectivity index (χ0v) is 16.3. The molecule has 0 aliphatic carbocycles. The lowest BCUT2D eigenvalue weighted by Crippen LogP contribution is -2.52. The predicted octanol–water partition coefficient (Wildman–Crippen LogP) is 1.88. The van der Waals surface area contributed by atoms with Crippen LogP contribution in [-0.2, 0) is 29.2 Å². The third-order valence-corrected chi connectivity index (χ3v) is 6.07. The smallest absolute Gasteiger partial charge is 0.255 e. The van der Waals surface area contributed by atoms with Gasteiger partial charge in [-0.2, -0.15) is 0 Å². The number of nitrogens with one attached hydrogen (secondary N) is 1. The van der Waals surface area contributed by atoms with E-state index in [4.69, 9.17) is 0 Å². The number of carbonyl (C=O) groups excluding carboxylic acids is 4. The zero-order valence-electron chi connectivity index (χ0n) is 16.3. The summed E-state index contributed by atoms with van der Waals surface area (Å²) in [4.78, 5) is 52.0. The van der Waals surface area contributed by atoms with Crippen molar-refractivity contribution in [1.29, 1.82) is 0 Å². The molecule has 31 heavy (non-hydrogen) atoms. The van der Waals surface area contributed by atoms with Crippen molar-refractivity contribution in [2.75, 3.05) is 0 Å². The lowest BCUT2D eigenvalue weighted by molar-refractivity contribution is -0.136. The maximum absolute atomic E-state index is 14.0. The van der Waals surface area contributed by atoms with E-state index in [9.17, 15) is 28.0 Å². The first-order valence-electron chi connectivity index (χ1n) is 9.86. The van der Waals surface area contributed by atoms with Crippen LogP contribution in [0.4, 0.5) is 8.78 Å². The van der Waals surface area contributed by atoms with E-state index in [0.29, 0.717) is 16.7 Å². The predicted molar refractivity (Wildman–Crippen MR) is 102 cm³/mol. The van der Waals surface area contributed by atoms with Crippen LogP contribution in [0.3, 0.4) is 0 Å². The summed E-state index contributed by atoms with van der Waals surface area (Å²) >= 11 is 0. The van der Waals surface area contributed by atoms with Crippen molar-refractivity contribution in [3.63, 3.8) is 0 Å². The van der Waals surface area contributed by atoms with Crippen molar-refractivity contribution in [3.8, 4) is 0 Å². The fraction of sp³-hybridized carbons (Fsp3) is 0.273. The monoisotopic (exact) mass is 425 g/mol. The molecule has 0 spiro atoms. The number of carbonyl (C=O) groups is 4. The molecule has 5 rings (SSSR count). The molecule has 0 radical (unpaired) electrons. The van der Waals surface area contributed by atoms with Crippen molar-refractivity contribution >= 4 is 23.6 Å². The minimum Gasteiger partial charge on any atom is -0.330 e. The maximum Gasteiger partial charge on any atom is 0.255 e. The second kappa shape index (κ2) is 6.97. The molecule has 9 heteroatoms. The molecule has 0 aromatic heterocycles. The van der Waals surface area contributed by atoms with Crippen LogP contribution >= 0.6 is 0 Å². The van der Waals surface area contributed by atoms with Gasteiger partial charge in [0.2, 0.25) is 11.8 Å². The van der Waals surface area contributed by atoms with Gasteiger partial charge in [-0.3, -0.25) is 24.5 Å². The van der Waals surface area contributed by atoms with Gasteiger partial charge in [0.05, 0.1) is 0 Å². The SMILES string of the molecule is O=C1CCC(N2Cc3cc(C(=O)N4Cc5c(F)ccc(F)c5C4)ccc3C2=O)C(=O)N1. The molecule has 2 aromatic carbocycles. The molecular formula is C22H17F2N3O4. The largest absolute Gasteiger partial charge is 0.330 e. The second-order valence-electron chi connectivity index (χ2n) is 7.92. The highest BCUT2D eigenvalue weighted by Crippen LogP contribution is 2.31. The van der Waals surface area contributed by atoms with Gasteiger partial charge in [0.1, 0.15) is 17.7 Å². The molecule has 0 bridgehead atoms. The van der Waals surface area contributed by atoms with E-state index >= 15 is 0 Å². The molecule has 1 atom stereocenters. The summed E-state index contributed by atoms with van der Waals surface area (Å²) in [5.41, 5.74) is 1.63. The normalized spacial score (nSPS) is 20.1. The molecule has 1 fully saturated rings. The average Bonchev–Trinajstić information content (AvgIpc) is 3.33. The molecule has 2 aromatic rings. The quantitative estimate of drug-likeness (QED) is 0.745. The molecule has 0 saturated carbocycles. The number of benzene rings is 2. The Morgan fingerprint density at radius 1 is 0.968 bits per heavy atom. The van der Waals surface area contributed by atoms with Crippen LogP contribution in [0.5, 0.6) is 0 Å². The van der Waals surface area contributed by atoms with Crippen LogP contribution in [0.25, 0.3) is 0 Å². The Balaban J connectivity index is 1.37. The maximum atomic E-state index is 14.0. The highest BCUT2D eigenvalue weighted by atomic mass is 19.1. The van der Waals surface area contributed by atoms with E-state index in [1.807, 2.05) is 0 Å². The summed E-state index contributed by atoms with van der Waals surface area (Å²) in [5, 5.41) is 2.24. The Hall–Kier alpha value is -3.62. The van der Waals surface area contributed by atoms with Gasteiger partial charge in [0, 0.05) is 48.3 Å². The van der Waals surface area contributed by atoms with Gasteiger partial charge < -0.3 is 9.80 Å². The number of rotatable bonds is 2. The van der Waals surface area contributed by atoms with Gasteiger partial charge in [-0.1, -0.05) is 0 Å². The first kappa shape index (κ1) is 19.3. The second-order valence-corrected chi connectivity index (χ2v) is 7.92. The van der Waals surface area contributed by atoms with E-state index in [0.717, 1.165) is 12.1 Å². The molecule has 1 unspecified atom stereocenters. The fourth-order valence-electron chi connectivity index (χ4n) is 4.45. The fourth-order valence-corrected chi connectivity index (χ4v) is 4.45. The lowest BCUT2D eigenvalue weighted by Gasteiger charge is -2.29. The van der Waals surface area contributed by atoms with Crippen LogP contribution in [0.2, 0.25) is 0 Å². The van der Waals surface area contributed by atoms with E-state index in [1.54, 1.807) is 6.07 Å². The number of piperidine rings is 1. The first-order chi connectivity index (χ1) is 14.8. The minimum atomic E-state index is -0.740. The van der Waals surface area contributed by atoms with Crippen molar-refractivity contribution in [2.24, 2.45) is 0 Å². The number of hydrogen-bond acceptors (Lipinski definition) is 4. The third-order valence-electron chi connectivity index (χ3n) is 6.07. The van der Waals surface area contributed by atoms with Crippen molar-refractivity contribution in [3.05, 3.63) is 69.8 Å². The Morgan fingerprint density at radius 3 is 2.29 bits per heavy atom. The summed E-state index contributed by atoms with van der Waals surface area (Å²) in [6.07, 6.45) is 0.405. The molecule has 3 aliphatic heterocycles. The third kappa shape index (κ3) is 3.08. The van der Waals surface area contributed by atoms with Crippen molar-refractivity contribution in [2.45, 2.75) is 38.5 Å². The van der Waals surface area contributed by atoms with E-state index in [-0.39, 0.29) is 55.4 Å². The number of fused-ring (bicyclic) bond motifs is 2. The molecular weight excluding hydrogens is 408 g/mol. The highest BCUT2D eigenvalue weighted by Gasteiger charge is 2.39. The topological polar surface area (TPSA) is 86.8 Å². The first-order valence-corrected chi connectivity index (χ1v) is 9.86. The Labute approximate surface area is 175 Å². The van der Waals surface area contributed by atoms with Gasteiger partial charge in [0.15, 0.2) is 0 Å². The van der Waals surface area contributed by atoms with Crippen molar-refractivity contribution in [1.82, 2.24) is 15.1 Å². The molecule has 3 heterocycles. The van der Waals surface area contributed by atoms with Crippen molar-refractivity contribution < 1.29 is 28.0 Å². The molecule has 3 aliphatic rings. The summed E-state index contributed by atoms with van der Waals surface area (Å²) in [5.74, 6) is -2.70. The van der Waals surface area contributed by atoms with Crippen LogP contribution in [0.1, 0.15) is 50.2 Å². The standard InChI is InChI=1S/C22H17F2N3O4/c23-16-3-4-17(24)15-10-26(9-14(15)16)21(30)11-1-2-13-12(7-11)8-27(22(13)31)18-5-6-19(28)25-20(18)29/h1-4,7,18H,5-6,8-10H2,(H,25,28,29). The minimum absolute atomic E-state index is 0.0316. The van der Waals surface area contributed by atoms with E-state index in [1.165, 1.54) is 21.9 Å². The van der Waals surface area contributed by atoms with Gasteiger partial charge in [0.25, 0.3) is 11.8 Å². The summed E-state index contributed by atoms with van der Waals surface area (Å²) < 4.78 is 28.0. The molecule has 1 saturated heterocycles. The molecule has 7 nitrogen and oxygen atoms in total. The zero-order chi connectivity index (χ0) is 21.9. The molecule has 1 N–H and O–H groups in total. The van der Waals surface area contributed by atoms with Gasteiger partial charge in [-0.15, -0.1) is 0 Å². The average molecular weight is 425 g/mol. The van der Waals surface area contributed by atoms with Crippen LogP contribution in [0.15, 0.2) is 30.3 Å². The number of halogens is 2. The highest BCUT2D eigenvalue weighted by molar-refractivity contribution is 6.06. The van der Waals surface area contributed by atoms with Crippen LogP contribution < -0.4 is 5.32 Å². The Morgan fingerprint density at radius 2 is 1.65 bits per heavy atom. The molecule has 158 valence electrons. The summed E-state index contributed by atoms with van der Waals surface area (Å²) in [7, 11) is 0. The van der Waals surface area contributed by atoms with Crippen LogP contribution in [-0.4, -0.2) is 39.5 Å². The summed E-state index contributed by atoms with van der Waals surface area (Å²) in [6.45, 7) is 0.0807. The lowest BCUT2D eigenvalue weighted by atomic mass is 10.0. The van der Waals surface area contributed by atoms with Crippen LogP contribution in [0, 0.1) is 11.6 Å². The Kier molecular flexibility index (Phi) is 4.35. The Bertz CT molecular complexity index is 1150. The number of amides is 4. The van der Waals surface area contributed by atoms with Gasteiger partial charge in [-0.05, 0) is 42.3 Å². The summed E-state index contributed by atoms with van der Waals surface area (Å²) in [6, 6.07) is 5.97.